The van der Waals surface area contributed by atoms with Gasteiger partial charge in [-0.1, -0.05) is 73.2 Å². The van der Waals surface area contributed by atoms with Gasteiger partial charge in [-0.2, -0.15) is 5.26 Å². The average Bonchev–Trinajstić information content (AvgIpc) is 2.78. The number of nitriles is 1. The molecule has 192 valence electrons. The third kappa shape index (κ3) is 10.7. The Kier molecular flexibility index (Phi) is 11.0. The van der Waals surface area contributed by atoms with Crippen molar-refractivity contribution in [2.45, 2.75) is 71.1 Å². The molecule has 0 spiro atoms. The second-order valence-electron chi connectivity index (χ2n) is 11.2. The van der Waals surface area contributed by atoms with Crippen LogP contribution in [0.4, 0.5) is 0 Å². The number of hydrogen-bond acceptors (Lipinski definition) is 4. The number of carbonyl (C=O) groups is 1. The number of ketones is 1. The molecule has 0 saturated heterocycles. The molecule has 0 aromatic heterocycles. The van der Waals surface area contributed by atoms with E-state index in [-0.39, 0.29) is 11.4 Å². The van der Waals surface area contributed by atoms with Crippen LogP contribution >= 0.6 is 0 Å². The fourth-order valence-corrected chi connectivity index (χ4v) is 16.9. The molecule has 36 heavy (non-hydrogen) atoms. The number of benzene rings is 2. The first-order valence-corrected chi connectivity index (χ1v) is 22.0. The van der Waals surface area contributed by atoms with Gasteiger partial charge in [0.25, 0.3) is 0 Å². The Morgan fingerprint density at radius 2 is 1.25 bits per heavy atom. The van der Waals surface area contributed by atoms with E-state index in [0.717, 1.165) is 35.6 Å². The minimum atomic E-state index is -2.31. The highest BCUT2D eigenvalue weighted by Crippen LogP contribution is 2.27. The van der Waals surface area contributed by atoms with Gasteiger partial charge in [-0.25, -0.2) is 0 Å². The number of nitrogens with zero attached hydrogens (tertiary/aromatic N) is 1. The van der Waals surface area contributed by atoms with Crippen LogP contribution in [0.15, 0.2) is 78.4 Å². The molecule has 7 heteroatoms. The minimum Gasteiger partial charge on any atom is -0.437 e. The normalized spacial score (nSPS) is 12.7. The summed E-state index contributed by atoms with van der Waals surface area (Å²) in [5, 5.41) is 9.70. The highest BCUT2D eigenvalue weighted by Gasteiger charge is 2.39. The second kappa shape index (κ2) is 13.3. The van der Waals surface area contributed by atoms with Gasteiger partial charge in [0, 0.05) is 6.42 Å². The van der Waals surface area contributed by atoms with E-state index in [4.69, 9.17) is 8.23 Å². The Bertz CT molecular complexity index is 1040. The molecule has 2 rings (SSSR count). The van der Waals surface area contributed by atoms with Crippen molar-refractivity contribution < 1.29 is 13.0 Å². The maximum Gasteiger partial charge on any atom is 0.314 e. The molecular weight excluding hydrogens is 495 g/mol. The van der Waals surface area contributed by atoms with Crippen molar-refractivity contribution in [1.82, 2.24) is 0 Å². The van der Waals surface area contributed by atoms with Crippen LogP contribution in [0.3, 0.4) is 0 Å². The molecule has 0 N–H and O–H groups in total. The summed E-state index contributed by atoms with van der Waals surface area (Å²) >= 11 is 0. The molecule has 0 aliphatic heterocycles. The van der Waals surface area contributed by atoms with Crippen LogP contribution in [0.2, 0.25) is 51.9 Å². The summed E-state index contributed by atoms with van der Waals surface area (Å²) in [4.78, 5) is 12.9. The smallest absolute Gasteiger partial charge is 0.314 e. The monoisotopic (exact) mass is 535 g/mol. The van der Waals surface area contributed by atoms with E-state index in [1.165, 1.54) is 0 Å². The topological polar surface area (TPSA) is 59.3 Å². The lowest BCUT2D eigenvalue weighted by Crippen LogP contribution is -2.52. The third-order valence-electron chi connectivity index (χ3n) is 5.34. The Morgan fingerprint density at radius 1 is 0.778 bits per heavy atom. The number of hydrogen-bond donors (Lipinski definition) is 0. The Balaban J connectivity index is 2.10. The summed E-state index contributed by atoms with van der Waals surface area (Å²) in [5.74, 6) is -0.116. The first-order valence-electron chi connectivity index (χ1n) is 12.7. The van der Waals surface area contributed by atoms with Crippen LogP contribution < -0.4 is 0 Å². The molecule has 0 heterocycles. The molecule has 0 fully saturated rings. The Hall–Kier alpha value is -2.35. The predicted molar refractivity (Wildman–Crippen MR) is 158 cm³/mol. The number of Topliss-reactive ketones (excluding diaryl/α,β-unsaturated/α-hetero) is 1. The number of unbranched alkanes of at least 4 members (excludes halogenated alkanes) is 1. The van der Waals surface area contributed by atoms with Gasteiger partial charge in [0.15, 0.2) is 22.4 Å². The van der Waals surface area contributed by atoms with Gasteiger partial charge in [0.1, 0.15) is 6.07 Å². The summed E-state index contributed by atoms with van der Waals surface area (Å²) < 4.78 is 13.1. The zero-order valence-corrected chi connectivity index (χ0v) is 25.9. The molecule has 2 aromatic rings. The van der Waals surface area contributed by atoms with E-state index < -0.39 is 25.2 Å². The van der Waals surface area contributed by atoms with E-state index in [1.54, 1.807) is 6.08 Å². The van der Waals surface area contributed by atoms with Gasteiger partial charge in [-0.05, 0) is 81.1 Å². The lowest BCUT2D eigenvalue weighted by Gasteiger charge is -2.38. The molecule has 2 aromatic carbocycles. The molecule has 0 radical (unpaired) electrons. The highest BCUT2D eigenvalue weighted by molar-refractivity contribution is 6.87. The van der Waals surface area contributed by atoms with Crippen molar-refractivity contribution in [3.8, 4) is 6.07 Å². The summed E-state index contributed by atoms with van der Waals surface area (Å²) in [7, 11) is -5.79. The molecule has 0 aliphatic carbocycles. The molecule has 4 nitrogen and oxygen atoms in total. The molecule has 0 bridgehead atoms. The number of carbonyl (C=O) groups excluding carboxylic acids is 1. The van der Waals surface area contributed by atoms with E-state index in [1.807, 2.05) is 66.7 Å². The zero-order valence-electron chi connectivity index (χ0n) is 22.9. The summed E-state index contributed by atoms with van der Waals surface area (Å²) in [5.41, 5.74) is 3.25. The fraction of sp³-hybridized carbons (Fsp3) is 0.379. The largest absolute Gasteiger partial charge is 0.437 e. The van der Waals surface area contributed by atoms with Crippen LogP contribution in [-0.4, -0.2) is 31.0 Å². The van der Waals surface area contributed by atoms with Gasteiger partial charge >= 0.3 is 8.56 Å². The molecule has 0 unspecified atom stereocenters. The van der Waals surface area contributed by atoms with Gasteiger partial charge in [0.2, 0.25) is 0 Å². The number of rotatable bonds is 13. The van der Waals surface area contributed by atoms with Crippen LogP contribution in [0.5, 0.6) is 0 Å². The standard InChI is InChI=1S/C29H41NO3Si3/c1-34(2,3)32-36(7,33-35(4,5)6)23-15-14-20-29(31)27(24-30)21-22-28(25-16-10-8-11-17-25)26-18-12-9-13-19-26/h8-13,16-19,21-22H,14-15,20,23H2,1-7H3/b27-21-. The van der Waals surface area contributed by atoms with Crippen molar-refractivity contribution in [2.24, 2.45) is 0 Å². The first-order chi connectivity index (χ1) is 16.8. The Morgan fingerprint density at radius 3 is 1.67 bits per heavy atom. The van der Waals surface area contributed by atoms with Gasteiger partial charge in [-0.15, -0.1) is 0 Å². The lowest BCUT2D eigenvalue weighted by atomic mass is 9.96. The molecule has 0 saturated carbocycles. The molecule has 0 atom stereocenters. The van der Waals surface area contributed by atoms with Gasteiger partial charge in [-0.3, -0.25) is 4.79 Å². The third-order valence-corrected chi connectivity index (χ3v) is 15.0. The molecule has 0 amide bonds. The maximum absolute atomic E-state index is 12.9. The number of allylic oxidation sites excluding steroid dienone is 3. The van der Waals surface area contributed by atoms with Crippen molar-refractivity contribution in [3.63, 3.8) is 0 Å². The summed E-state index contributed by atoms with van der Waals surface area (Å²) in [6.45, 7) is 15.4. The predicted octanol–water partition coefficient (Wildman–Crippen LogP) is 8.08. The quantitative estimate of drug-likeness (QED) is 0.0855. The van der Waals surface area contributed by atoms with E-state index in [2.05, 4.69) is 51.9 Å². The minimum absolute atomic E-state index is 0.116. The van der Waals surface area contributed by atoms with Crippen molar-refractivity contribution in [1.29, 1.82) is 5.26 Å². The van der Waals surface area contributed by atoms with Crippen molar-refractivity contribution in [2.75, 3.05) is 0 Å². The van der Waals surface area contributed by atoms with Crippen LogP contribution in [0, 0.1) is 11.3 Å². The second-order valence-corrected chi connectivity index (χ2v) is 24.0. The summed E-state index contributed by atoms with van der Waals surface area (Å²) in [6, 6.07) is 23.0. The van der Waals surface area contributed by atoms with Crippen LogP contribution in [-0.2, 0) is 13.0 Å². The maximum atomic E-state index is 12.9. The summed E-state index contributed by atoms with van der Waals surface area (Å²) in [6.07, 6.45) is 5.48. The van der Waals surface area contributed by atoms with Crippen molar-refractivity contribution in [3.05, 3.63) is 89.5 Å². The fourth-order valence-electron chi connectivity index (χ4n) is 4.24. The van der Waals surface area contributed by atoms with Crippen molar-refractivity contribution >= 4 is 36.6 Å². The van der Waals surface area contributed by atoms with Crippen LogP contribution in [0.25, 0.3) is 5.57 Å². The highest BCUT2D eigenvalue weighted by atomic mass is 28.5. The zero-order chi connectivity index (χ0) is 26.8. The van der Waals surface area contributed by atoms with E-state index in [0.29, 0.717) is 6.42 Å². The first kappa shape index (κ1) is 29.9. The molecular formula is C29H41NO3Si3. The SMILES string of the molecule is C[Si](C)(C)O[Si](C)(CCCCC(=O)/C(C#N)=C\C=C(c1ccccc1)c1ccccc1)O[Si](C)(C)C. The van der Waals surface area contributed by atoms with Crippen LogP contribution in [0.1, 0.15) is 30.4 Å². The molecule has 0 aliphatic rings. The van der Waals surface area contributed by atoms with Gasteiger partial charge < -0.3 is 8.23 Å². The van der Waals surface area contributed by atoms with Gasteiger partial charge in [0.05, 0.1) is 5.57 Å². The van der Waals surface area contributed by atoms with E-state index in [9.17, 15) is 10.1 Å². The lowest BCUT2D eigenvalue weighted by molar-refractivity contribution is -0.115. The Labute approximate surface area is 221 Å². The average molecular weight is 536 g/mol. The van der Waals surface area contributed by atoms with E-state index >= 15 is 0 Å².